The van der Waals surface area contributed by atoms with Crippen molar-refractivity contribution in [3.63, 3.8) is 0 Å². The number of halogens is 1. The highest BCUT2D eigenvalue weighted by atomic mass is 35.5. The summed E-state index contributed by atoms with van der Waals surface area (Å²) in [6, 6.07) is 3.19. The van der Waals surface area contributed by atoms with Gasteiger partial charge in [0.25, 0.3) is 0 Å². The van der Waals surface area contributed by atoms with E-state index in [1.54, 1.807) is 26.0 Å². The lowest BCUT2D eigenvalue weighted by Crippen LogP contribution is -2.51. The molecule has 1 atom stereocenters. The van der Waals surface area contributed by atoms with Crippen LogP contribution < -0.4 is 16.8 Å². The highest BCUT2D eigenvalue weighted by Gasteiger charge is 2.43. The molecule has 202 valence electrons. The molecule has 0 radical (unpaired) electrons. The van der Waals surface area contributed by atoms with Crippen LogP contribution in [0.15, 0.2) is 46.1 Å². The van der Waals surface area contributed by atoms with Crippen LogP contribution >= 0.6 is 11.6 Å². The van der Waals surface area contributed by atoms with E-state index < -0.39 is 20.6 Å². The third-order valence-corrected chi connectivity index (χ3v) is 8.22. The molecule has 2 aromatic rings. The molecule has 0 bridgehead atoms. The van der Waals surface area contributed by atoms with Gasteiger partial charge in [-0.05, 0) is 40.1 Å². The molecular formula is C23H34ClN9O3S. The number of rotatable bonds is 9. The second kappa shape index (κ2) is 11.2. The number of nitrogens with two attached hydrogens (primary N) is 2. The van der Waals surface area contributed by atoms with E-state index in [1.807, 2.05) is 26.0 Å². The molecule has 1 aliphatic heterocycles. The van der Waals surface area contributed by atoms with E-state index in [2.05, 4.69) is 30.2 Å². The number of aromatic nitrogens is 3. The summed E-state index contributed by atoms with van der Waals surface area (Å²) in [4.78, 5) is 21.5. The SMILES string of the molecule is COC1=NC(N(C)CCN(C)C)=C(N)CC1(N)c1ncc(Cl)c(Nc2cccnc2S(=O)(=O)C(C)C)n1. The van der Waals surface area contributed by atoms with E-state index in [9.17, 15) is 8.42 Å². The fourth-order valence-corrected chi connectivity index (χ4v) is 4.86. The Kier molecular flexibility index (Phi) is 8.63. The van der Waals surface area contributed by atoms with Gasteiger partial charge in [-0.25, -0.2) is 23.4 Å². The van der Waals surface area contributed by atoms with Crippen molar-refractivity contribution in [1.29, 1.82) is 0 Å². The molecule has 3 rings (SSSR count). The van der Waals surface area contributed by atoms with Crippen LogP contribution in [0.2, 0.25) is 5.02 Å². The van der Waals surface area contributed by atoms with Crippen molar-refractivity contribution in [3.8, 4) is 0 Å². The van der Waals surface area contributed by atoms with Crippen molar-refractivity contribution < 1.29 is 13.2 Å². The highest BCUT2D eigenvalue weighted by Crippen LogP contribution is 2.34. The van der Waals surface area contributed by atoms with E-state index in [1.165, 1.54) is 19.5 Å². The lowest BCUT2D eigenvalue weighted by atomic mass is 9.90. The average molecular weight is 552 g/mol. The first-order valence-electron chi connectivity index (χ1n) is 11.6. The zero-order chi connectivity index (χ0) is 27.5. The summed E-state index contributed by atoms with van der Waals surface area (Å²) < 4.78 is 31.2. The van der Waals surface area contributed by atoms with Gasteiger partial charge < -0.3 is 31.3 Å². The zero-order valence-electron chi connectivity index (χ0n) is 21.9. The van der Waals surface area contributed by atoms with Crippen LogP contribution in [-0.2, 0) is 20.1 Å². The van der Waals surface area contributed by atoms with Gasteiger partial charge in [-0.15, -0.1) is 0 Å². The largest absolute Gasteiger partial charge is 0.482 e. The number of pyridine rings is 1. The summed E-state index contributed by atoms with van der Waals surface area (Å²) >= 11 is 6.38. The van der Waals surface area contributed by atoms with Gasteiger partial charge in [-0.3, -0.25) is 0 Å². The van der Waals surface area contributed by atoms with Crippen molar-refractivity contribution in [2.75, 3.05) is 46.7 Å². The summed E-state index contributed by atoms with van der Waals surface area (Å²) in [5.74, 6) is 1.05. The molecule has 0 saturated carbocycles. The van der Waals surface area contributed by atoms with Crippen molar-refractivity contribution in [1.82, 2.24) is 24.8 Å². The summed E-state index contributed by atoms with van der Waals surface area (Å²) in [7, 11) is 3.64. The van der Waals surface area contributed by atoms with Crippen molar-refractivity contribution >= 4 is 38.8 Å². The highest BCUT2D eigenvalue weighted by molar-refractivity contribution is 7.92. The number of likely N-dealkylation sites (N-methyl/N-ethyl adjacent to an activating group) is 2. The second-order valence-corrected chi connectivity index (χ2v) is 12.1. The fraction of sp³-hybridized carbons (Fsp3) is 0.478. The quantitative estimate of drug-likeness (QED) is 0.415. The van der Waals surface area contributed by atoms with Gasteiger partial charge in [0.05, 0.1) is 29.9 Å². The zero-order valence-corrected chi connectivity index (χ0v) is 23.4. The van der Waals surface area contributed by atoms with Crippen LogP contribution in [0.5, 0.6) is 0 Å². The number of ether oxygens (including phenoxy) is 1. The molecule has 0 fully saturated rings. The Balaban J connectivity index is 1.99. The minimum absolute atomic E-state index is 0.113. The Morgan fingerprint density at radius 3 is 2.57 bits per heavy atom. The van der Waals surface area contributed by atoms with Crippen LogP contribution in [0, 0.1) is 0 Å². The Morgan fingerprint density at radius 2 is 1.95 bits per heavy atom. The number of nitrogens with one attached hydrogen (secondary N) is 1. The lowest BCUT2D eigenvalue weighted by Gasteiger charge is -2.34. The molecule has 0 aromatic carbocycles. The molecule has 0 saturated heterocycles. The molecule has 12 nitrogen and oxygen atoms in total. The van der Waals surface area contributed by atoms with E-state index in [0.717, 1.165) is 6.54 Å². The number of aliphatic imine (C=N–C) groups is 1. The molecule has 0 spiro atoms. The van der Waals surface area contributed by atoms with E-state index in [-0.39, 0.29) is 39.7 Å². The first-order valence-corrected chi connectivity index (χ1v) is 13.5. The third kappa shape index (κ3) is 5.95. The van der Waals surface area contributed by atoms with Gasteiger partial charge in [-0.2, -0.15) is 4.99 Å². The van der Waals surface area contributed by atoms with E-state index in [0.29, 0.717) is 18.1 Å². The normalized spacial score (nSPS) is 18.3. The van der Waals surface area contributed by atoms with Gasteiger partial charge in [0.1, 0.15) is 5.02 Å². The molecule has 1 unspecified atom stereocenters. The predicted molar refractivity (Wildman–Crippen MR) is 144 cm³/mol. The van der Waals surface area contributed by atoms with Crippen LogP contribution in [0.1, 0.15) is 26.1 Å². The summed E-state index contributed by atoms with van der Waals surface area (Å²) in [5.41, 5.74) is 12.5. The molecule has 14 heteroatoms. The van der Waals surface area contributed by atoms with Crippen LogP contribution in [0.4, 0.5) is 11.5 Å². The molecular weight excluding hydrogens is 518 g/mol. The topological polar surface area (TPSA) is 165 Å². The number of nitrogens with zero attached hydrogens (tertiary/aromatic N) is 6. The standard InChI is InChI=1S/C23H34ClN9O3S/c1-14(2)37(34,35)20-17(8-7-9-27-20)29-18-15(24)13-28-21(30-18)23(26)12-16(25)19(31-22(23)36-6)33(5)11-10-32(3)4/h7-9,13-14H,10-12,25-26H2,1-6H3,(H,28,29,30). The number of sulfone groups is 1. The average Bonchev–Trinajstić information content (AvgIpc) is 2.84. The van der Waals surface area contributed by atoms with Gasteiger partial charge in [0.15, 0.2) is 37.9 Å². The molecule has 37 heavy (non-hydrogen) atoms. The molecule has 0 aliphatic carbocycles. The van der Waals surface area contributed by atoms with Gasteiger partial charge in [-0.1, -0.05) is 11.6 Å². The maximum Gasteiger partial charge on any atom is 0.218 e. The summed E-state index contributed by atoms with van der Waals surface area (Å²) in [6.45, 7) is 4.66. The van der Waals surface area contributed by atoms with Crippen LogP contribution in [0.3, 0.4) is 0 Å². The van der Waals surface area contributed by atoms with E-state index in [4.69, 9.17) is 27.8 Å². The summed E-state index contributed by atoms with van der Waals surface area (Å²) in [6.07, 6.45) is 2.93. The fourth-order valence-electron chi connectivity index (χ4n) is 3.64. The predicted octanol–water partition coefficient (Wildman–Crippen LogP) is 1.67. The van der Waals surface area contributed by atoms with Crippen LogP contribution in [-0.4, -0.2) is 85.7 Å². The Morgan fingerprint density at radius 1 is 1.24 bits per heavy atom. The van der Waals surface area contributed by atoms with Crippen LogP contribution in [0.25, 0.3) is 0 Å². The molecule has 5 N–H and O–H groups in total. The first-order chi connectivity index (χ1) is 17.3. The Bertz CT molecular complexity index is 1310. The van der Waals surface area contributed by atoms with Gasteiger partial charge in [0.2, 0.25) is 5.90 Å². The lowest BCUT2D eigenvalue weighted by molar-refractivity contribution is 0.298. The smallest absolute Gasteiger partial charge is 0.218 e. The number of hydrogen-bond donors (Lipinski definition) is 3. The Hall–Kier alpha value is -3.00. The van der Waals surface area contributed by atoms with Crippen molar-refractivity contribution in [3.05, 3.63) is 46.9 Å². The molecule has 0 amide bonds. The first kappa shape index (κ1) is 28.6. The van der Waals surface area contributed by atoms with Crippen molar-refractivity contribution in [2.45, 2.75) is 36.1 Å². The molecule has 3 heterocycles. The van der Waals surface area contributed by atoms with Crippen molar-refractivity contribution in [2.24, 2.45) is 16.5 Å². The van der Waals surface area contributed by atoms with Gasteiger partial charge >= 0.3 is 0 Å². The number of anilines is 2. The minimum atomic E-state index is -3.68. The minimum Gasteiger partial charge on any atom is -0.482 e. The maximum atomic E-state index is 12.8. The number of hydrogen-bond acceptors (Lipinski definition) is 12. The summed E-state index contributed by atoms with van der Waals surface area (Å²) in [5, 5.41) is 2.35. The monoisotopic (exact) mass is 551 g/mol. The number of methoxy groups -OCH3 is 1. The third-order valence-electron chi connectivity index (χ3n) is 5.84. The maximum absolute atomic E-state index is 12.8. The second-order valence-electron chi connectivity index (χ2n) is 9.31. The molecule has 1 aliphatic rings. The Labute approximate surface area is 222 Å². The van der Waals surface area contributed by atoms with E-state index >= 15 is 0 Å². The van der Waals surface area contributed by atoms with Gasteiger partial charge in [0, 0.05) is 32.8 Å². The molecule has 2 aromatic heterocycles.